The van der Waals surface area contributed by atoms with Crippen molar-refractivity contribution in [1.82, 2.24) is 20.1 Å². The van der Waals surface area contributed by atoms with Gasteiger partial charge in [-0.2, -0.15) is 5.10 Å². The molecule has 0 spiro atoms. The number of rotatable bonds is 5. The van der Waals surface area contributed by atoms with E-state index in [4.69, 9.17) is 0 Å². The Bertz CT molecular complexity index is 1070. The second-order valence-corrected chi connectivity index (χ2v) is 6.72. The van der Waals surface area contributed by atoms with Crippen LogP contribution in [0.3, 0.4) is 0 Å². The lowest BCUT2D eigenvalue weighted by Crippen LogP contribution is -2.23. The standard InChI is InChI=1S/C20H16N4O2S/c25-18-9-5-4-6-14(18)10-21-19(26)17-13-27-20(23-17)15-11-22-24(12-15)16-7-2-1-3-8-16/h1-9,11-13,25H,10H2,(H,21,26). The Morgan fingerprint density at radius 1 is 1.11 bits per heavy atom. The predicted molar refractivity (Wildman–Crippen MR) is 104 cm³/mol. The van der Waals surface area contributed by atoms with Crippen molar-refractivity contribution in [3.8, 4) is 22.0 Å². The average molecular weight is 376 g/mol. The van der Waals surface area contributed by atoms with Crippen molar-refractivity contribution < 1.29 is 9.90 Å². The van der Waals surface area contributed by atoms with E-state index < -0.39 is 0 Å². The van der Waals surface area contributed by atoms with Crippen LogP contribution >= 0.6 is 11.3 Å². The molecule has 6 nitrogen and oxygen atoms in total. The highest BCUT2D eigenvalue weighted by molar-refractivity contribution is 7.13. The summed E-state index contributed by atoms with van der Waals surface area (Å²) in [6, 6.07) is 16.7. The molecule has 0 bridgehead atoms. The summed E-state index contributed by atoms with van der Waals surface area (Å²) in [5, 5.41) is 19.3. The normalized spacial score (nSPS) is 10.7. The molecule has 4 rings (SSSR count). The quantitative estimate of drug-likeness (QED) is 0.557. The van der Waals surface area contributed by atoms with Crippen LogP contribution in [0.15, 0.2) is 72.4 Å². The number of carbonyl (C=O) groups is 1. The summed E-state index contributed by atoms with van der Waals surface area (Å²) in [4.78, 5) is 16.7. The van der Waals surface area contributed by atoms with Crippen molar-refractivity contribution in [1.29, 1.82) is 0 Å². The number of hydrogen-bond acceptors (Lipinski definition) is 5. The van der Waals surface area contributed by atoms with Crippen molar-refractivity contribution >= 4 is 17.2 Å². The highest BCUT2D eigenvalue weighted by atomic mass is 32.1. The Balaban J connectivity index is 1.46. The van der Waals surface area contributed by atoms with Crippen molar-refractivity contribution in [2.75, 3.05) is 0 Å². The number of hydrogen-bond donors (Lipinski definition) is 2. The molecule has 0 fully saturated rings. The number of para-hydroxylation sites is 2. The third kappa shape index (κ3) is 3.73. The molecule has 134 valence electrons. The van der Waals surface area contributed by atoms with Gasteiger partial charge in [-0.05, 0) is 18.2 Å². The van der Waals surface area contributed by atoms with Gasteiger partial charge in [0.05, 0.1) is 11.9 Å². The molecule has 0 saturated carbocycles. The van der Waals surface area contributed by atoms with Gasteiger partial charge >= 0.3 is 0 Å². The first-order valence-electron chi connectivity index (χ1n) is 8.32. The Morgan fingerprint density at radius 3 is 2.70 bits per heavy atom. The van der Waals surface area contributed by atoms with Gasteiger partial charge in [-0.15, -0.1) is 11.3 Å². The molecule has 0 saturated heterocycles. The maximum absolute atomic E-state index is 12.3. The number of thiazole rings is 1. The van der Waals surface area contributed by atoms with Crippen molar-refractivity contribution in [2.45, 2.75) is 6.54 Å². The molecule has 0 unspecified atom stereocenters. The van der Waals surface area contributed by atoms with Crippen LogP contribution in [-0.2, 0) is 6.54 Å². The highest BCUT2D eigenvalue weighted by Gasteiger charge is 2.13. The maximum Gasteiger partial charge on any atom is 0.271 e. The van der Waals surface area contributed by atoms with E-state index in [2.05, 4.69) is 15.4 Å². The summed E-state index contributed by atoms with van der Waals surface area (Å²) in [5.41, 5.74) is 2.81. The number of aromatic hydroxyl groups is 1. The minimum Gasteiger partial charge on any atom is -0.508 e. The molecule has 7 heteroatoms. The third-order valence-corrected chi connectivity index (χ3v) is 4.91. The number of phenolic OH excluding ortho intramolecular Hbond substituents is 1. The van der Waals surface area contributed by atoms with E-state index in [1.165, 1.54) is 11.3 Å². The summed E-state index contributed by atoms with van der Waals surface area (Å²) >= 11 is 1.39. The molecule has 2 heterocycles. The molecule has 2 aromatic heterocycles. The van der Waals surface area contributed by atoms with E-state index >= 15 is 0 Å². The Kier molecular flexibility index (Phi) is 4.67. The van der Waals surface area contributed by atoms with E-state index in [9.17, 15) is 9.90 Å². The molecule has 27 heavy (non-hydrogen) atoms. The fourth-order valence-electron chi connectivity index (χ4n) is 2.59. The zero-order valence-corrected chi connectivity index (χ0v) is 15.1. The Labute approximate surface area is 159 Å². The van der Waals surface area contributed by atoms with Crippen LogP contribution in [0.5, 0.6) is 5.75 Å². The van der Waals surface area contributed by atoms with Gasteiger partial charge in [0.25, 0.3) is 5.91 Å². The molecular formula is C20H16N4O2S. The van der Waals surface area contributed by atoms with E-state index in [-0.39, 0.29) is 18.2 Å². The zero-order valence-electron chi connectivity index (χ0n) is 14.2. The first-order valence-corrected chi connectivity index (χ1v) is 9.20. The van der Waals surface area contributed by atoms with E-state index in [0.717, 1.165) is 16.3 Å². The molecule has 0 atom stereocenters. The first kappa shape index (κ1) is 17.0. The topological polar surface area (TPSA) is 80.0 Å². The number of nitrogens with one attached hydrogen (secondary N) is 1. The predicted octanol–water partition coefficient (Wildman–Crippen LogP) is 3.63. The highest BCUT2D eigenvalue weighted by Crippen LogP contribution is 2.24. The Morgan fingerprint density at radius 2 is 1.89 bits per heavy atom. The minimum atomic E-state index is -0.281. The van der Waals surface area contributed by atoms with Gasteiger partial charge in [0.1, 0.15) is 16.5 Å². The lowest BCUT2D eigenvalue weighted by Gasteiger charge is -2.05. The van der Waals surface area contributed by atoms with Gasteiger partial charge in [0.2, 0.25) is 0 Å². The first-order chi connectivity index (χ1) is 13.2. The van der Waals surface area contributed by atoms with Crippen LogP contribution in [0.1, 0.15) is 16.1 Å². The number of phenols is 1. The van der Waals surface area contributed by atoms with Crippen molar-refractivity contribution in [3.05, 3.63) is 83.6 Å². The summed E-state index contributed by atoms with van der Waals surface area (Å²) in [6.45, 7) is 0.240. The number of carbonyl (C=O) groups excluding carboxylic acids is 1. The second-order valence-electron chi connectivity index (χ2n) is 5.86. The molecule has 2 N–H and O–H groups in total. The van der Waals surface area contributed by atoms with E-state index in [1.54, 1.807) is 34.5 Å². The van der Waals surface area contributed by atoms with Gasteiger partial charge in [-0.25, -0.2) is 9.67 Å². The molecule has 0 radical (unpaired) electrons. The van der Waals surface area contributed by atoms with Crippen LogP contribution in [-0.4, -0.2) is 25.8 Å². The molecular weight excluding hydrogens is 360 g/mol. The Hall–Kier alpha value is -3.45. The number of amides is 1. The van der Waals surface area contributed by atoms with Crippen LogP contribution in [0.2, 0.25) is 0 Å². The third-order valence-electron chi connectivity index (χ3n) is 4.02. The minimum absolute atomic E-state index is 0.157. The summed E-state index contributed by atoms with van der Waals surface area (Å²) in [5.74, 6) is -0.124. The van der Waals surface area contributed by atoms with Crippen LogP contribution in [0, 0.1) is 0 Å². The smallest absolute Gasteiger partial charge is 0.271 e. The molecule has 0 aliphatic rings. The zero-order chi connectivity index (χ0) is 18.6. The van der Waals surface area contributed by atoms with Crippen molar-refractivity contribution in [3.63, 3.8) is 0 Å². The number of benzene rings is 2. The summed E-state index contributed by atoms with van der Waals surface area (Å²) in [7, 11) is 0. The largest absolute Gasteiger partial charge is 0.508 e. The average Bonchev–Trinajstić information content (AvgIpc) is 3.37. The number of aromatic nitrogens is 3. The molecule has 1 amide bonds. The van der Waals surface area contributed by atoms with Gasteiger partial charge in [-0.3, -0.25) is 4.79 Å². The SMILES string of the molecule is O=C(NCc1ccccc1O)c1csc(-c2cnn(-c3ccccc3)c2)n1. The lowest BCUT2D eigenvalue weighted by atomic mass is 10.2. The molecule has 2 aromatic carbocycles. The van der Waals surface area contributed by atoms with Gasteiger partial charge < -0.3 is 10.4 Å². The fraction of sp³-hybridized carbons (Fsp3) is 0.0500. The summed E-state index contributed by atoms with van der Waals surface area (Å²) < 4.78 is 1.77. The maximum atomic E-state index is 12.3. The van der Waals surface area contributed by atoms with Gasteiger partial charge in [0, 0.05) is 29.2 Å². The van der Waals surface area contributed by atoms with Crippen LogP contribution < -0.4 is 5.32 Å². The molecule has 4 aromatic rings. The number of nitrogens with zero attached hydrogens (tertiary/aromatic N) is 3. The van der Waals surface area contributed by atoms with Gasteiger partial charge in [-0.1, -0.05) is 36.4 Å². The second kappa shape index (κ2) is 7.43. The fourth-order valence-corrected chi connectivity index (χ4v) is 3.37. The van der Waals surface area contributed by atoms with E-state index in [1.807, 2.05) is 42.6 Å². The summed E-state index contributed by atoms with van der Waals surface area (Å²) in [6.07, 6.45) is 3.62. The monoisotopic (exact) mass is 376 g/mol. The lowest BCUT2D eigenvalue weighted by molar-refractivity contribution is 0.0946. The van der Waals surface area contributed by atoms with Crippen molar-refractivity contribution in [2.24, 2.45) is 0 Å². The van der Waals surface area contributed by atoms with E-state index in [0.29, 0.717) is 11.3 Å². The van der Waals surface area contributed by atoms with Crippen LogP contribution in [0.4, 0.5) is 0 Å². The molecule has 0 aliphatic carbocycles. The van der Waals surface area contributed by atoms with Gasteiger partial charge in [0.15, 0.2) is 0 Å². The molecule has 0 aliphatic heterocycles. The van der Waals surface area contributed by atoms with Crippen LogP contribution in [0.25, 0.3) is 16.3 Å².